The minimum absolute atomic E-state index is 0.0512. The molecule has 3 rings (SSSR count). The number of hydrogen-bond acceptors (Lipinski definition) is 3. The van der Waals surface area contributed by atoms with Crippen LogP contribution in [-0.4, -0.2) is 38.0 Å². The highest BCUT2D eigenvalue weighted by atomic mass is 35.5. The van der Waals surface area contributed by atoms with E-state index in [-0.39, 0.29) is 11.8 Å². The first-order chi connectivity index (χ1) is 13.0. The van der Waals surface area contributed by atoms with Crippen LogP contribution in [0, 0.1) is 0 Å². The summed E-state index contributed by atoms with van der Waals surface area (Å²) in [5, 5.41) is 3.44. The number of amides is 2. The van der Waals surface area contributed by atoms with Gasteiger partial charge < -0.3 is 15.1 Å². The van der Waals surface area contributed by atoms with Crippen molar-refractivity contribution in [1.29, 1.82) is 0 Å². The maximum Gasteiger partial charge on any atom is 0.251 e. The lowest BCUT2D eigenvalue weighted by Gasteiger charge is -2.23. The highest BCUT2D eigenvalue weighted by Gasteiger charge is 2.15. The largest absolute Gasteiger partial charge is 0.372 e. The monoisotopic (exact) mass is 385 g/mol. The van der Waals surface area contributed by atoms with Crippen LogP contribution in [-0.2, 0) is 4.79 Å². The first-order valence-corrected chi connectivity index (χ1v) is 9.59. The molecule has 27 heavy (non-hydrogen) atoms. The average Bonchev–Trinajstić information content (AvgIpc) is 3.20. The molecule has 0 spiro atoms. The number of rotatable bonds is 6. The molecule has 1 heterocycles. The van der Waals surface area contributed by atoms with E-state index in [1.54, 1.807) is 29.2 Å². The molecular weight excluding hydrogens is 362 g/mol. The fourth-order valence-corrected chi connectivity index (χ4v) is 3.40. The predicted molar refractivity (Wildman–Crippen MR) is 110 cm³/mol. The second kappa shape index (κ2) is 8.91. The lowest BCUT2D eigenvalue weighted by molar-refractivity contribution is -0.116. The number of carbonyl (C=O) groups excluding carboxylic acids is 2. The summed E-state index contributed by atoms with van der Waals surface area (Å²) >= 11 is 5.84. The minimum Gasteiger partial charge on any atom is -0.372 e. The molecule has 0 atom stereocenters. The van der Waals surface area contributed by atoms with E-state index in [9.17, 15) is 9.59 Å². The zero-order chi connectivity index (χ0) is 19.2. The summed E-state index contributed by atoms with van der Waals surface area (Å²) in [4.78, 5) is 28.3. The van der Waals surface area contributed by atoms with Gasteiger partial charge in [-0.2, -0.15) is 0 Å². The predicted octanol–water partition coefficient (Wildman–Crippen LogP) is 3.72. The summed E-state index contributed by atoms with van der Waals surface area (Å²) in [7, 11) is 0. The molecule has 1 fully saturated rings. The second-order valence-electron chi connectivity index (χ2n) is 6.64. The topological polar surface area (TPSA) is 52.7 Å². The number of anilines is 2. The van der Waals surface area contributed by atoms with E-state index in [1.807, 2.05) is 12.1 Å². The third-order valence-electron chi connectivity index (χ3n) is 4.74. The molecule has 1 saturated heterocycles. The van der Waals surface area contributed by atoms with Crippen molar-refractivity contribution in [1.82, 2.24) is 5.32 Å². The maximum atomic E-state index is 12.2. The smallest absolute Gasteiger partial charge is 0.251 e. The molecule has 2 aromatic rings. The Balaban J connectivity index is 1.58. The van der Waals surface area contributed by atoms with E-state index in [1.165, 1.54) is 25.5 Å². The highest BCUT2D eigenvalue weighted by molar-refractivity contribution is 6.30. The molecule has 1 aliphatic rings. The van der Waals surface area contributed by atoms with Crippen molar-refractivity contribution in [3.63, 3.8) is 0 Å². The van der Waals surface area contributed by atoms with Crippen LogP contribution in [0.25, 0.3) is 0 Å². The van der Waals surface area contributed by atoms with Crippen LogP contribution >= 0.6 is 11.6 Å². The van der Waals surface area contributed by atoms with Crippen molar-refractivity contribution >= 4 is 34.8 Å². The molecular formula is C21H24ClN3O2. The lowest BCUT2D eigenvalue weighted by atomic mass is 10.2. The normalized spacial score (nSPS) is 13.5. The number of carbonyl (C=O) groups is 2. The summed E-state index contributed by atoms with van der Waals surface area (Å²) in [6, 6.07) is 14.8. The Kier molecular flexibility index (Phi) is 6.35. The number of benzene rings is 2. The van der Waals surface area contributed by atoms with Crippen molar-refractivity contribution in [3.8, 4) is 0 Å². The van der Waals surface area contributed by atoms with E-state index in [0.29, 0.717) is 23.7 Å². The van der Waals surface area contributed by atoms with Gasteiger partial charge in [-0.1, -0.05) is 11.6 Å². The van der Waals surface area contributed by atoms with E-state index in [0.717, 1.165) is 18.8 Å². The third kappa shape index (κ3) is 5.01. The van der Waals surface area contributed by atoms with E-state index in [4.69, 9.17) is 11.6 Å². The van der Waals surface area contributed by atoms with Gasteiger partial charge in [0.05, 0.1) is 0 Å². The molecule has 2 amide bonds. The van der Waals surface area contributed by atoms with Crippen LogP contribution in [0.15, 0.2) is 48.5 Å². The second-order valence-corrected chi connectivity index (χ2v) is 7.08. The van der Waals surface area contributed by atoms with Crippen molar-refractivity contribution < 1.29 is 9.59 Å². The molecule has 0 aliphatic carbocycles. The third-order valence-corrected chi connectivity index (χ3v) is 4.99. The van der Waals surface area contributed by atoms with E-state index in [2.05, 4.69) is 22.3 Å². The Hall–Kier alpha value is -2.53. The van der Waals surface area contributed by atoms with Gasteiger partial charge in [0.15, 0.2) is 0 Å². The molecule has 1 aliphatic heterocycles. The van der Waals surface area contributed by atoms with Crippen LogP contribution in [0.1, 0.15) is 30.1 Å². The molecule has 0 radical (unpaired) electrons. The summed E-state index contributed by atoms with van der Waals surface area (Å²) in [6.45, 7) is 4.50. The lowest BCUT2D eigenvalue weighted by Crippen LogP contribution is -2.37. The van der Waals surface area contributed by atoms with Crippen molar-refractivity contribution in [2.24, 2.45) is 0 Å². The van der Waals surface area contributed by atoms with Gasteiger partial charge in [-0.15, -0.1) is 0 Å². The SMILES string of the molecule is CC(=O)N(CCNC(=O)c1ccc(Cl)cc1)c1ccc(N2CCCC2)cc1. The molecule has 142 valence electrons. The number of nitrogens with zero attached hydrogens (tertiary/aromatic N) is 2. The van der Waals surface area contributed by atoms with Gasteiger partial charge in [0, 0.05) is 55.1 Å². The van der Waals surface area contributed by atoms with Crippen molar-refractivity contribution in [2.45, 2.75) is 19.8 Å². The van der Waals surface area contributed by atoms with Gasteiger partial charge >= 0.3 is 0 Å². The Morgan fingerprint density at radius 3 is 2.26 bits per heavy atom. The molecule has 0 unspecified atom stereocenters. The van der Waals surface area contributed by atoms with Gasteiger partial charge in [-0.05, 0) is 61.4 Å². The van der Waals surface area contributed by atoms with Gasteiger partial charge in [-0.25, -0.2) is 0 Å². The Morgan fingerprint density at radius 2 is 1.67 bits per heavy atom. The highest BCUT2D eigenvalue weighted by Crippen LogP contribution is 2.24. The van der Waals surface area contributed by atoms with E-state index >= 15 is 0 Å². The number of halogens is 1. The number of hydrogen-bond donors (Lipinski definition) is 1. The molecule has 6 heteroatoms. The molecule has 0 bridgehead atoms. The molecule has 1 N–H and O–H groups in total. The Morgan fingerprint density at radius 1 is 1.04 bits per heavy atom. The average molecular weight is 386 g/mol. The first-order valence-electron chi connectivity index (χ1n) is 9.21. The zero-order valence-electron chi connectivity index (χ0n) is 15.5. The summed E-state index contributed by atoms with van der Waals surface area (Å²) < 4.78 is 0. The van der Waals surface area contributed by atoms with Crippen LogP contribution in [0.3, 0.4) is 0 Å². The minimum atomic E-state index is -0.181. The van der Waals surface area contributed by atoms with Crippen LogP contribution in [0.2, 0.25) is 5.02 Å². The van der Waals surface area contributed by atoms with Crippen LogP contribution in [0.5, 0.6) is 0 Å². The maximum absolute atomic E-state index is 12.2. The van der Waals surface area contributed by atoms with E-state index < -0.39 is 0 Å². The standard InChI is InChI=1S/C21H24ClN3O2/c1-16(26)25(15-12-23-21(27)17-4-6-18(22)7-5-17)20-10-8-19(9-11-20)24-13-2-3-14-24/h4-11H,2-3,12-15H2,1H3,(H,23,27). The summed E-state index contributed by atoms with van der Waals surface area (Å²) in [6.07, 6.45) is 2.46. The Labute approximate surface area is 164 Å². The Bertz CT molecular complexity index is 784. The molecule has 0 saturated carbocycles. The van der Waals surface area contributed by atoms with Crippen LogP contribution in [0.4, 0.5) is 11.4 Å². The fraction of sp³-hybridized carbons (Fsp3) is 0.333. The first kappa shape index (κ1) is 19.2. The summed E-state index contributed by atoms with van der Waals surface area (Å²) in [5.74, 6) is -0.232. The van der Waals surface area contributed by atoms with Crippen LogP contribution < -0.4 is 15.1 Å². The summed E-state index contributed by atoms with van der Waals surface area (Å²) in [5.41, 5.74) is 2.57. The molecule has 0 aromatic heterocycles. The van der Waals surface area contributed by atoms with Crippen molar-refractivity contribution in [2.75, 3.05) is 36.0 Å². The number of nitrogens with one attached hydrogen (secondary N) is 1. The molecule has 2 aromatic carbocycles. The zero-order valence-corrected chi connectivity index (χ0v) is 16.2. The fourth-order valence-electron chi connectivity index (χ4n) is 3.27. The van der Waals surface area contributed by atoms with Crippen molar-refractivity contribution in [3.05, 3.63) is 59.1 Å². The van der Waals surface area contributed by atoms with Gasteiger partial charge in [-0.3, -0.25) is 9.59 Å². The molecule has 5 nitrogen and oxygen atoms in total. The van der Waals surface area contributed by atoms with Gasteiger partial charge in [0.1, 0.15) is 0 Å². The van der Waals surface area contributed by atoms with Gasteiger partial charge in [0.2, 0.25) is 5.91 Å². The van der Waals surface area contributed by atoms with Gasteiger partial charge in [0.25, 0.3) is 5.91 Å². The quantitative estimate of drug-likeness (QED) is 0.824.